The predicted octanol–water partition coefficient (Wildman–Crippen LogP) is 2.90. The van der Waals surface area contributed by atoms with Gasteiger partial charge in [0, 0.05) is 18.1 Å². The Bertz CT molecular complexity index is 589. The van der Waals surface area contributed by atoms with Crippen LogP contribution in [-0.2, 0) is 16.6 Å². The van der Waals surface area contributed by atoms with Gasteiger partial charge in [-0.25, -0.2) is 13.1 Å². The van der Waals surface area contributed by atoms with E-state index in [1.54, 1.807) is 12.1 Å². The molecular formula is C15H23ClN2O2S. The van der Waals surface area contributed by atoms with Crippen molar-refractivity contribution in [2.75, 3.05) is 6.54 Å². The average molecular weight is 331 g/mol. The quantitative estimate of drug-likeness (QED) is 0.872. The molecule has 1 aliphatic carbocycles. The first-order valence-corrected chi connectivity index (χ1v) is 9.26. The molecule has 0 saturated heterocycles. The number of halogens is 1. The minimum atomic E-state index is -3.50. The predicted molar refractivity (Wildman–Crippen MR) is 85.7 cm³/mol. The first-order valence-electron chi connectivity index (χ1n) is 7.40. The molecule has 6 heteroatoms. The Morgan fingerprint density at radius 2 is 2.14 bits per heavy atom. The van der Waals surface area contributed by atoms with E-state index in [2.05, 4.69) is 11.6 Å². The smallest absolute Gasteiger partial charge is 0.240 e. The molecule has 0 aliphatic heterocycles. The molecule has 1 aromatic carbocycles. The molecule has 2 atom stereocenters. The van der Waals surface area contributed by atoms with Crippen molar-refractivity contribution in [1.29, 1.82) is 0 Å². The molecule has 21 heavy (non-hydrogen) atoms. The van der Waals surface area contributed by atoms with Crippen LogP contribution in [0.4, 0.5) is 0 Å². The summed E-state index contributed by atoms with van der Waals surface area (Å²) in [5, 5.41) is 0.395. The maximum Gasteiger partial charge on any atom is 0.240 e. The van der Waals surface area contributed by atoms with Crippen molar-refractivity contribution in [2.24, 2.45) is 17.6 Å². The molecule has 0 radical (unpaired) electrons. The Morgan fingerprint density at radius 1 is 1.38 bits per heavy atom. The molecule has 0 spiro atoms. The molecule has 0 aromatic heterocycles. The van der Waals surface area contributed by atoms with Crippen LogP contribution >= 0.6 is 11.6 Å². The number of sulfonamides is 1. The number of benzene rings is 1. The van der Waals surface area contributed by atoms with E-state index in [1.165, 1.54) is 18.9 Å². The van der Waals surface area contributed by atoms with Gasteiger partial charge in [0.15, 0.2) is 0 Å². The summed E-state index contributed by atoms with van der Waals surface area (Å²) in [5.41, 5.74) is 6.28. The van der Waals surface area contributed by atoms with Gasteiger partial charge in [-0.15, -0.1) is 0 Å². The van der Waals surface area contributed by atoms with Crippen LogP contribution in [0.15, 0.2) is 23.1 Å². The monoisotopic (exact) mass is 330 g/mol. The summed E-state index contributed by atoms with van der Waals surface area (Å²) in [6, 6.07) is 4.69. The summed E-state index contributed by atoms with van der Waals surface area (Å²) in [6.07, 6.45) is 4.62. The van der Waals surface area contributed by atoms with Gasteiger partial charge < -0.3 is 5.73 Å². The van der Waals surface area contributed by atoms with Crippen molar-refractivity contribution < 1.29 is 8.42 Å². The van der Waals surface area contributed by atoms with E-state index < -0.39 is 10.0 Å². The molecule has 3 N–H and O–H groups in total. The van der Waals surface area contributed by atoms with Gasteiger partial charge in [0.1, 0.15) is 0 Å². The maximum absolute atomic E-state index is 12.3. The zero-order chi connectivity index (χ0) is 15.5. The molecular weight excluding hydrogens is 308 g/mol. The summed E-state index contributed by atoms with van der Waals surface area (Å²) >= 11 is 6.03. The highest BCUT2D eigenvalue weighted by atomic mass is 35.5. The third-order valence-corrected chi connectivity index (χ3v) is 5.93. The Hall–Kier alpha value is -0.620. The summed E-state index contributed by atoms with van der Waals surface area (Å²) in [5.74, 6) is 1.12. The van der Waals surface area contributed by atoms with Gasteiger partial charge in [-0.2, -0.15) is 0 Å². The largest absolute Gasteiger partial charge is 0.326 e. The van der Waals surface area contributed by atoms with E-state index in [1.807, 2.05) is 0 Å². The zero-order valence-electron chi connectivity index (χ0n) is 12.3. The van der Waals surface area contributed by atoms with Gasteiger partial charge in [0.25, 0.3) is 0 Å². The van der Waals surface area contributed by atoms with Gasteiger partial charge in [0.05, 0.1) is 4.90 Å². The van der Waals surface area contributed by atoms with E-state index in [0.29, 0.717) is 29.9 Å². The van der Waals surface area contributed by atoms with Crippen LogP contribution in [0.1, 0.15) is 38.2 Å². The number of nitrogens with two attached hydrogens (primary N) is 1. The molecule has 1 saturated carbocycles. The van der Waals surface area contributed by atoms with Crippen LogP contribution in [0.5, 0.6) is 0 Å². The Kier molecular flexibility index (Phi) is 5.66. The Balaban J connectivity index is 2.02. The molecule has 2 rings (SSSR count). The van der Waals surface area contributed by atoms with Crippen molar-refractivity contribution in [3.05, 3.63) is 28.8 Å². The van der Waals surface area contributed by atoms with Crippen molar-refractivity contribution >= 4 is 21.6 Å². The molecule has 118 valence electrons. The summed E-state index contributed by atoms with van der Waals surface area (Å²) in [6.45, 7) is 3.03. The Labute approximate surface area is 132 Å². The van der Waals surface area contributed by atoms with E-state index in [9.17, 15) is 8.42 Å². The zero-order valence-corrected chi connectivity index (χ0v) is 13.9. The minimum Gasteiger partial charge on any atom is -0.326 e. The second-order valence-corrected chi connectivity index (χ2v) is 8.12. The fourth-order valence-corrected chi connectivity index (χ4v) is 4.38. The molecule has 0 amide bonds. The molecule has 1 fully saturated rings. The molecule has 4 nitrogen and oxygen atoms in total. The maximum atomic E-state index is 12.3. The lowest BCUT2D eigenvalue weighted by molar-refractivity contribution is 0.283. The topological polar surface area (TPSA) is 72.2 Å². The lowest BCUT2D eigenvalue weighted by Crippen LogP contribution is -2.31. The first kappa shape index (κ1) is 16.7. The number of rotatable bonds is 5. The number of nitrogens with one attached hydrogen (secondary N) is 1. The van der Waals surface area contributed by atoms with Gasteiger partial charge in [0.2, 0.25) is 10.0 Å². The van der Waals surface area contributed by atoms with Crippen molar-refractivity contribution in [1.82, 2.24) is 4.72 Å². The molecule has 0 bridgehead atoms. The van der Waals surface area contributed by atoms with Crippen molar-refractivity contribution in [3.63, 3.8) is 0 Å². The van der Waals surface area contributed by atoms with Crippen LogP contribution in [0.2, 0.25) is 5.02 Å². The second-order valence-electron chi connectivity index (χ2n) is 5.95. The Morgan fingerprint density at radius 3 is 2.76 bits per heavy atom. The summed E-state index contributed by atoms with van der Waals surface area (Å²) < 4.78 is 27.3. The highest BCUT2D eigenvalue weighted by Gasteiger charge is 2.22. The van der Waals surface area contributed by atoms with Crippen LogP contribution in [-0.4, -0.2) is 15.0 Å². The van der Waals surface area contributed by atoms with Crippen molar-refractivity contribution in [2.45, 2.75) is 44.0 Å². The SMILES string of the molecule is CC1CCCC(CNS(=O)(=O)c2ccc(CN)c(Cl)c2)C1. The van der Waals surface area contributed by atoms with Crippen molar-refractivity contribution in [3.8, 4) is 0 Å². The average Bonchev–Trinajstić information content (AvgIpc) is 2.45. The lowest BCUT2D eigenvalue weighted by Gasteiger charge is -2.26. The lowest BCUT2D eigenvalue weighted by atomic mass is 9.83. The molecule has 2 unspecified atom stereocenters. The first-order chi connectivity index (χ1) is 9.92. The minimum absolute atomic E-state index is 0.202. The van der Waals surface area contributed by atoms with Gasteiger partial charge in [-0.1, -0.05) is 37.4 Å². The van der Waals surface area contributed by atoms with E-state index >= 15 is 0 Å². The van der Waals surface area contributed by atoms with Crippen LogP contribution in [0.3, 0.4) is 0 Å². The summed E-state index contributed by atoms with van der Waals surface area (Å²) in [7, 11) is -3.50. The van der Waals surface area contributed by atoms with E-state index in [4.69, 9.17) is 17.3 Å². The number of hydrogen-bond acceptors (Lipinski definition) is 3. The second kappa shape index (κ2) is 7.09. The fourth-order valence-electron chi connectivity index (χ4n) is 2.92. The van der Waals surface area contributed by atoms with Gasteiger partial charge in [-0.3, -0.25) is 0 Å². The third-order valence-electron chi connectivity index (χ3n) is 4.16. The van der Waals surface area contributed by atoms with Crippen LogP contribution < -0.4 is 10.5 Å². The summed E-state index contributed by atoms with van der Waals surface area (Å²) in [4.78, 5) is 0.202. The van der Waals surface area contributed by atoms with Gasteiger partial charge in [-0.05, 0) is 42.4 Å². The standard InChI is InChI=1S/C15H23ClN2O2S/c1-11-3-2-4-12(7-11)10-18-21(19,20)14-6-5-13(9-17)15(16)8-14/h5-6,8,11-12,18H,2-4,7,9-10,17H2,1H3. The van der Waals surface area contributed by atoms with E-state index in [0.717, 1.165) is 18.4 Å². The van der Waals surface area contributed by atoms with Crippen LogP contribution in [0, 0.1) is 11.8 Å². The number of hydrogen-bond donors (Lipinski definition) is 2. The van der Waals surface area contributed by atoms with Gasteiger partial charge >= 0.3 is 0 Å². The van der Waals surface area contributed by atoms with Crippen LogP contribution in [0.25, 0.3) is 0 Å². The molecule has 0 heterocycles. The highest BCUT2D eigenvalue weighted by molar-refractivity contribution is 7.89. The highest BCUT2D eigenvalue weighted by Crippen LogP contribution is 2.28. The fraction of sp³-hybridized carbons (Fsp3) is 0.600. The third kappa shape index (κ3) is 4.42. The molecule has 1 aromatic rings. The normalized spacial score (nSPS) is 23.2. The molecule has 1 aliphatic rings. The van der Waals surface area contributed by atoms with E-state index in [-0.39, 0.29) is 4.90 Å².